The summed E-state index contributed by atoms with van der Waals surface area (Å²) in [6.45, 7) is 10.2. The molecule has 2 heterocycles. The number of rotatable bonds is 8. The van der Waals surface area contributed by atoms with Gasteiger partial charge in [0.05, 0.1) is 18.8 Å². The van der Waals surface area contributed by atoms with Crippen molar-refractivity contribution in [2.45, 2.75) is 70.6 Å². The molecule has 0 unspecified atom stereocenters. The second-order valence-electron chi connectivity index (χ2n) is 12.6. The van der Waals surface area contributed by atoms with Crippen LogP contribution in [0.1, 0.15) is 86.6 Å². The number of likely N-dealkylation sites (tertiary alicyclic amines) is 1. The van der Waals surface area contributed by atoms with Crippen molar-refractivity contribution in [3.05, 3.63) is 83.4 Å². The highest BCUT2D eigenvalue weighted by Crippen LogP contribution is 2.54. The second kappa shape index (κ2) is 12.0. The molecule has 0 saturated carbocycles. The molecule has 3 atom stereocenters. The lowest BCUT2D eigenvalue weighted by molar-refractivity contribution is -0.108. The van der Waals surface area contributed by atoms with Gasteiger partial charge in [0.2, 0.25) is 0 Å². The van der Waals surface area contributed by atoms with Gasteiger partial charge >= 0.3 is 6.16 Å². The van der Waals surface area contributed by atoms with Crippen LogP contribution < -0.4 is 9.64 Å². The Labute approximate surface area is 248 Å². The van der Waals surface area contributed by atoms with E-state index in [1.165, 1.54) is 0 Å². The average molecular weight is 575 g/mol. The molecule has 9 nitrogen and oxygen atoms in total. The zero-order valence-electron chi connectivity index (χ0n) is 25.8. The zero-order valence-corrected chi connectivity index (χ0v) is 25.8. The van der Waals surface area contributed by atoms with E-state index in [4.69, 9.17) is 9.47 Å². The molecule has 1 amide bonds. The van der Waals surface area contributed by atoms with Crippen molar-refractivity contribution in [3.63, 3.8) is 0 Å². The summed E-state index contributed by atoms with van der Waals surface area (Å²) < 4.78 is 11.5. The molecule has 4 rings (SSSR count). The van der Waals surface area contributed by atoms with Crippen LogP contribution in [0.5, 0.6) is 5.75 Å². The van der Waals surface area contributed by atoms with Gasteiger partial charge in [0.25, 0.3) is 5.91 Å². The van der Waals surface area contributed by atoms with Gasteiger partial charge in [-0.25, -0.2) is 4.79 Å². The molecule has 0 radical (unpaired) electrons. The van der Waals surface area contributed by atoms with E-state index in [1.807, 2.05) is 63.2 Å². The Kier molecular flexibility index (Phi) is 8.80. The minimum Gasteiger partial charge on any atom is -0.496 e. The molecule has 1 N–H and O–H groups in total. The molecule has 1 aliphatic heterocycles. The molecular formula is C33H42N4O5. The van der Waals surface area contributed by atoms with Gasteiger partial charge in [0, 0.05) is 62.7 Å². The van der Waals surface area contributed by atoms with E-state index in [0.717, 1.165) is 16.8 Å². The van der Waals surface area contributed by atoms with E-state index in [1.54, 1.807) is 42.7 Å². The monoisotopic (exact) mass is 574 g/mol. The molecule has 0 spiro atoms. The maximum Gasteiger partial charge on any atom is 0.507 e. The second-order valence-corrected chi connectivity index (χ2v) is 12.6. The Bertz CT molecular complexity index is 1400. The number of carbonyl (C=O) groups excluding carboxylic acids is 1. The van der Waals surface area contributed by atoms with Crippen molar-refractivity contribution in [1.82, 2.24) is 14.9 Å². The number of carbonyl (C=O) groups is 2. The fourth-order valence-corrected chi connectivity index (χ4v) is 6.12. The standard InChI is InChI=1S/C33H42N4O5/c1-21(2)18-33(42-31(39)40)19-25(27-20-34-15-16-35-27)29(22-9-12-24(13-10-22)36(6)7)37(33)30(38)23-11-14-26(32(3,4)5)28(17-23)41-8/h9-17,20-21,25,29H,18-19H2,1-8H3,(H,39,40)/t25-,29+,33+/m1/s1. The van der Waals surface area contributed by atoms with Crippen molar-refractivity contribution in [1.29, 1.82) is 0 Å². The molecule has 1 fully saturated rings. The first kappa shape index (κ1) is 30.8. The molecule has 9 heteroatoms. The first-order valence-electron chi connectivity index (χ1n) is 14.2. The van der Waals surface area contributed by atoms with Gasteiger partial charge in [-0.1, -0.05) is 52.8 Å². The fraction of sp³-hybridized carbons (Fsp3) is 0.455. The summed E-state index contributed by atoms with van der Waals surface area (Å²) in [6.07, 6.45) is 4.01. The van der Waals surface area contributed by atoms with Crippen molar-refractivity contribution in [2.75, 3.05) is 26.1 Å². The summed E-state index contributed by atoms with van der Waals surface area (Å²) in [4.78, 5) is 39.6. The highest BCUT2D eigenvalue weighted by molar-refractivity contribution is 5.96. The van der Waals surface area contributed by atoms with E-state index < -0.39 is 17.9 Å². The molecule has 3 aromatic rings. The molecule has 224 valence electrons. The molecule has 1 aliphatic rings. The molecule has 1 saturated heterocycles. The Balaban J connectivity index is 1.97. The summed E-state index contributed by atoms with van der Waals surface area (Å²) >= 11 is 0. The summed E-state index contributed by atoms with van der Waals surface area (Å²) in [5.41, 5.74) is 2.22. The molecular weight excluding hydrogens is 532 g/mol. The highest BCUT2D eigenvalue weighted by Gasteiger charge is 2.58. The van der Waals surface area contributed by atoms with Crippen LogP contribution >= 0.6 is 0 Å². The molecule has 0 bridgehead atoms. The number of hydrogen-bond donors (Lipinski definition) is 1. The lowest BCUT2D eigenvalue weighted by Crippen LogP contribution is -2.52. The quantitative estimate of drug-likeness (QED) is 0.298. The summed E-state index contributed by atoms with van der Waals surface area (Å²) in [5, 5.41) is 10.0. The normalized spacial score (nSPS) is 20.5. The van der Waals surface area contributed by atoms with Crippen LogP contribution in [0.4, 0.5) is 10.5 Å². The maximum atomic E-state index is 14.7. The minimum absolute atomic E-state index is 0.0230. The van der Waals surface area contributed by atoms with Gasteiger partial charge in [-0.2, -0.15) is 0 Å². The predicted octanol–water partition coefficient (Wildman–Crippen LogP) is 6.66. The Hall–Kier alpha value is -4.14. The van der Waals surface area contributed by atoms with Crippen molar-refractivity contribution in [2.24, 2.45) is 5.92 Å². The molecule has 2 aromatic carbocycles. The van der Waals surface area contributed by atoms with Crippen molar-refractivity contribution in [3.8, 4) is 5.75 Å². The zero-order chi connectivity index (χ0) is 30.8. The number of amides is 1. The van der Waals surface area contributed by atoms with Gasteiger partial charge in [0.15, 0.2) is 5.72 Å². The largest absolute Gasteiger partial charge is 0.507 e. The Morgan fingerprint density at radius 1 is 1.12 bits per heavy atom. The average Bonchev–Trinajstić information content (AvgIpc) is 3.25. The van der Waals surface area contributed by atoms with Crippen LogP contribution in [0.15, 0.2) is 61.1 Å². The van der Waals surface area contributed by atoms with Gasteiger partial charge in [-0.05, 0) is 46.7 Å². The van der Waals surface area contributed by atoms with Crippen molar-refractivity contribution < 1.29 is 24.2 Å². The number of carboxylic acid groups (broad SMARTS) is 1. The molecule has 0 aliphatic carbocycles. The number of ether oxygens (including phenoxy) is 2. The maximum absolute atomic E-state index is 14.7. The number of hydrogen-bond acceptors (Lipinski definition) is 7. The minimum atomic E-state index is -1.44. The number of aromatic nitrogens is 2. The Morgan fingerprint density at radius 3 is 2.33 bits per heavy atom. The lowest BCUT2D eigenvalue weighted by Gasteiger charge is -2.41. The van der Waals surface area contributed by atoms with Crippen LogP contribution in [-0.2, 0) is 10.2 Å². The predicted molar refractivity (Wildman–Crippen MR) is 162 cm³/mol. The third-order valence-electron chi connectivity index (χ3n) is 7.83. The summed E-state index contributed by atoms with van der Waals surface area (Å²) in [6, 6.07) is 12.8. The van der Waals surface area contributed by atoms with E-state index in [9.17, 15) is 14.7 Å². The van der Waals surface area contributed by atoms with Gasteiger partial charge in [0.1, 0.15) is 5.75 Å². The third-order valence-corrected chi connectivity index (χ3v) is 7.83. The van der Waals surface area contributed by atoms with Crippen LogP contribution in [0.3, 0.4) is 0 Å². The molecule has 42 heavy (non-hydrogen) atoms. The van der Waals surface area contributed by atoms with Crippen LogP contribution in [0, 0.1) is 5.92 Å². The van der Waals surface area contributed by atoms with Crippen LogP contribution in [0.2, 0.25) is 0 Å². The Morgan fingerprint density at radius 2 is 1.81 bits per heavy atom. The van der Waals surface area contributed by atoms with Gasteiger partial charge < -0.3 is 19.5 Å². The van der Waals surface area contributed by atoms with Crippen LogP contribution in [0.25, 0.3) is 0 Å². The number of methoxy groups -OCH3 is 1. The van der Waals surface area contributed by atoms with Crippen LogP contribution in [-0.4, -0.2) is 59.0 Å². The highest BCUT2D eigenvalue weighted by atomic mass is 16.7. The van der Waals surface area contributed by atoms with E-state index >= 15 is 0 Å². The summed E-state index contributed by atoms with van der Waals surface area (Å²) in [5.74, 6) is -0.0983. The van der Waals surface area contributed by atoms with Crippen molar-refractivity contribution >= 4 is 17.7 Å². The number of nitrogens with zero attached hydrogens (tertiary/aromatic N) is 4. The lowest BCUT2D eigenvalue weighted by atomic mass is 9.85. The number of benzene rings is 2. The summed E-state index contributed by atoms with van der Waals surface area (Å²) in [7, 11) is 5.52. The van der Waals surface area contributed by atoms with E-state index in [2.05, 4.69) is 30.7 Å². The topological polar surface area (TPSA) is 105 Å². The van der Waals surface area contributed by atoms with Gasteiger partial charge in [-0.15, -0.1) is 0 Å². The first-order valence-corrected chi connectivity index (χ1v) is 14.2. The number of anilines is 1. The third kappa shape index (κ3) is 6.20. The SMILES string of the molecule is COc1cc(C(=O)N2[C@@H](c3ccc(N(C)C)cc3)[C@@H](c3cnccn3)C[C@]2(CC(C)C)OC(=O)O)ccc1C(C)(C)C. The smallest absolute Gasteiger partial charge is 0.496 e. The van der Waals surface area contributed by atoms with E-state index in [0.29, 0.717) is 23.4 Å². The van der Waals surface area contributed by atoms with Gasteiger partial charge in [-0.3, -0.25) is 19.7 Å². The molecule has 1 aromatic heterocycles. The van der Waals surface area contributed by atoms with E-state index in [-0.39, 0.29) is 29.6 Å². The first-order chi connectivity index (χ1) is 19.8. The fourth-order valence-electron chi connectivity index (χ4n) is 6.12.